The largest absolute Gasteiger partial charge is 0.377 e. The Balaban J connectivity index is 1.72. The van der Waals surface area contributed by atoms with Crippen LogP contribution in [0, 0.1) is 5.92 Å². The third kappa shape index (κ3) is 4.71. The molecule has 2 aliphatic rings. The molecule has 2 heterocycles. The Morgan fingerprint density at radius 3 is 2.53 bits per heavy atom. The fourth-order valence-corrected chi connectivity index (χ4v) is 3.14. The number of nitrogens with zero attached hydrogens (tertiary/aromatic N) is 2. The lowest BCUT2D eigenvalue weighted by molar-refractivity contribution is 0.0794. The van der Waals surface area contributed by atoms with Crippen molar-refractivity contribution in [3.63, 3.8) is 0 Å². The lowest BCUT2D eigenvalue weighted by Crippen LogP contribution is -2.54. The first-order valence-corrected chi connectivity index (χ1v) is 7.91. The molecule has 0 aliphatic carbocycles. The molecule has 0 bridgehead atoms. The summed E-state index contributed by atoms with van der Waals surface area (Å²) >= 11 is 0. The van der Waals surface area contributed by atoms with Crippen molar-refractivity contribution in [2.75, 3.05) is 52.9 Å². The van der Waals surface area contributed by atoms with Crippen molar-refractivity contribution in [1.29, 1.82) is 0 Å². The molecule has 0 aromatic heterocycles. The van der Waals surface area contributed by atoms with E-state index in [9.17, 15) is 0 Å². The van der Waals surface area contributed by atoms with Gasteiger partial charge in [0.2, 0.25) is 0 Å². The summed E-state index contributed by atoms with van der Waals surface area (Å²) in [5.41, 5.74) is 0. The van der Waals surface area contributed by atoms with Gasteiger partial charge >= 0.3 is 0 Å². The topological polar surface area (TPSA) is 27.7 Å². The average Bonchev–Trinajstić information content (AvgIpc) is 2.89. The van der Waals surface area contributed by atoms with Gasteiger partial charge in [-0.25, -0.2) is 0 Å². The maximum Gasteiger partial charge on any atom is 0.0700 e. The molecule has 2 atom stereocenters. The van der Waals surface area contributed by atoms with Gasteiger partial charge in [-0.15, -0.1) is 0 Å². The molecular formula is C15H31N3O. The van der Waals surface area contributed by atoms with Crippen LogP contribution in [0.3, 0.4) is 0 Å². The van der Waals surface area contributed by atoms with Crippen LogP contribution in [0.4, 0.5) is 0 Å². The Morgan fingerprint density at radius 1 is 1.21 bits per heavy atom. The number of hydrogen-bond acceptors (Lipinski definition) is 4. The highest BCUT2D eigenvalue weighted by molar-refractivity contribution is 4.82. The van der Waals surface area contributed by atoms with E-state index in [1.165, 1.54) is 39.0 Å². The van der Waals surface area contributed by atoms with Gasteiger partial charge in [0.05, 0.1) is 6.10 Å². The Labute approximate surface area is 118 Å². The average molecular weight is 269 g/mol. The van der Waals surface area contributed by atoms with Gasteiger partial charge in [-0.2, -0.15) is 0 Å². The van der Waals surface area contributed by atoms with Crippen LogP contribution in [0.15, 0.2) is 0 Å². The van der Waals surface area contributed by atoms with Gasteiger partial charge in [0, 0.05) is 51.9 Å². The highest BCUT2D eigenvalue weighted by Gasteiger charge is 2.25. The molecule has 4 heteroatoms. The van der Waals surface area contributed by atoms with Crippen molar-refractivity contribution < 1.29 is 4.74 Å². The van der Waals surface area contributed by atoms with E-state index in [0.29, 0.717) is 18.1 Å². The van der Waals surface area contributed by atoms with Crippen molar-refractivity contribution in [3.05, 3.63) is 0 Å². The van der Waals surface area contributed by atoms with E-state index in [4.69, 9.17) is 4.74 Å². The van der Waals surface area contributed by atoms with E-state index in [1.54, 1.807) is 0 Å². The molecule has 0 aromatic rings. The van der Waals surface area contributed by atoms with Crippen LogP contribution in [-0.4, -0.2) is 74.9 Å². The fourth-order valence-electron chi connectivity index (χ4n) is 3.14. The van der Waals surface area contributed by atoms with E-state index < -0.39 is 0 Å². The summed E-state index contributed by atoms with van der Waals surface area (Å²) in [7, 11) is 2.22. The maximum atomic E-state index is 5.67. The van der Waals surface area contributed by atoms with Gasteiger partial charge in [-0.1, -0.05) is 13.8 Å². The summed E-state index contributed by atoms with van der Waals surface area (Å²) in [4.78, 5) is 5.08. The highest BCUT2D eigenvalue weighted by Crippen LogP contribution is 2.14. The van der Waals surface area contributed by atoms with Crippen LogP contribution in [0.5, 0.6) is 0 Å². The van der Waals surface area contributed by atoms with Gasteiger partial charge in [-0.3, -0.25) is 4.90 Å². The number of ether oxygens (including phenoxy) is 1. The predicted octanol–water partition coefficient (Wildman–Crippen LogP) is 1.03. The van der Waals surface area contributed by atoms with E-state index in [-0.39, 0.29) is 0 Å². The number of likely N-dealkylation sites (N-methyl/N-ethyl adjacent to an activating group) is 1. The van der Waals surface area contributed by atoms with Crippen molar-refractivity contribution in [1.82, 2.24) is 15.1 Å². The summed E-state index contributed by atoms with van der Waals surface area (Å²) < 4.78 is 5.67. The molecule has 0 saturated carbocycles. The summed E-state index contributed by atoms with van der Waals surface area (Å²) in [6.07, 6.45) is 2.92. The number of nitrogens with one attached hydrogen (secondary N) is 1. The summed E-state index contributed by atoms with van der Waals surface area (Å²) in [5.74, 6) is 0.709. The lowest BCUT2D eigenvalue weighted by Gasteiger charge is -2.40. The minimum atomic E-state index is 0.459. The van der Waals surface area contributed by atoms with E-state index in [1.807, 2.05) is 0 Å². The van der Waals surface area contributed by atoms with Gasteiger partial charge in [0.25, 0.3) is 0 Å². The molecule has 19 heavy (non-hydrogen) atoms. The van der Waals surface area contributed by atoms with Crippen LogP contribution in [-0.2, 0) is 4.74 Å². The maximum absolute atomic E-state index is 5.67. The summed E-state index contributed by atoms with van der Waals surface area (Å²) in [6.45, 7) is 12.6. The second-order valence-electron chi connectivity index (χ2n) is 6.44. The number of rotatable bonds is 6. The first-order valence-electron chi connectivity index (χ1n) is 7.91. The Kier molecular flexibility index (Phi) is 6.07. The SMILES string of the molecule is CC(C)C(CNCC1CCCO1)N1CCN(C)CC1. The van der Waals surface area contributed by atoms with Crippen LogP contribution in [0.2, 0.25) is 0 Å². The quantitative estimate of drug-likeness (QED) is 0.779. The monoisotopic (exact) mass is 269 g/mol. The molecule has 2 fully saturated rings. The van der Waals surface area contributed by atoms with E-state index in [2.05, 4.69) is 36.0 Å². The van der Waals surface area contributed by atoms with Crippen LogP contribution in [0.1, 0.15) is 26.7 Å². The smallest absolute Gasteiger partial charge is 0.0700 e. The summed E-state index contributed by atoms with van der Waals surface area (Å²) in [6, 6.07) is 0.662. The number of piperazine rings is 1. The van der Waals surface area contributed by atoms with Crippen molar-refractivity contribution in [2.24, 2.45) is 5.92 Å². The molecule has 2 aliphatic heterocycles. The van der Waals surface area contributed by atoms with Gasteiger partial charge in [0.15, 0.2) is 0 Å². The zero-order valence-electron chi connectivity index (χ0n) is 12.9. The molecule has 1 N–H and O–H groups in total. The Bertz CT molecular complexity index is 246. The standard InChI is InChI=1S/C15H31N3O/c1-13(2)15(18-8-6-17(3)7-9-18)12-16-11-14-5-4-10-19-14/h13-16H,4-12H2,1-3H3. The van der Waals surface area contributed by atoms with Crippen LogP contribution >= 0.6 is 0 Å². The van der Waals surface area contributed by atoms with Gasteiger partial charge in [0.1, 0.15) is 0 Å². The van der Waals surface area contributed by atoms with Crippen LogP contribution < -0.4 is 5.32 Å². The van der Waals surface area contributed by atoms with Crippen molar-refractivity contribution in [2.45, 2.75) is 38.8 Å². The lowest BCUT2D eigenvalue weighted by atomic mass is 10.0. The zero-order valence-corrected chi connectivity index (χ0v) is 12.9. The van der Waals surface area contributed by atoms with Crippen LogP contribution in [0.25, 0.3) is 0 Å². The normalized spacial score (nSPS) is 28.1. The number of hydrogen-bond donors (Lipinski definition) is 1. The molecule has 0 spiro atoms. The second kappa shape index (κ2) is 7.58. The molecule has 0 amide bonds. The van der Waals surface area contributed by atoms with E-state index >= 15 is 0 Å². The van der Waals surface area contributed by atoms with Gasteiger partial charge < -0.3 is 15.0 Å². The first-order chi connectivity index (χ1) is 9.16. The van der Waals surface area contributed by atoms with Crippen molar-refractivity contribution in [3.8, 4) is 0 Å². The predicted molar refractivity (Wildman–Crippen MR) is 79.5 cm³/mol. The molecule has 112 valence electrons. The van der Waals surface area contributed by atoms with Gasteiger partial charge in [-0.05, 0) is 25.8 Å². The fraction of sp³-hybridized carbons (Fsp3) is 1.00. The zero-order chi connectivity index (χ0) is 13.7. The third-order valence-corrected chi connectivity index (χ3v) is 4.53. The minimum Gasteiger partial charge on any atom is -0.377 e. The molecule has 2 rings (SSSR count). The molecule has 2 saturated heterocycles. The highest BCUT2D eigenvalue weighted by atomic mass is 16.5. The Hall–Kier alpha value is -0.160. The molecule has 0 radical (unpaired) electrons. The molecule has 2 unspecified atom stereocenters. The third-order valence-electron chi connectivity index (χ3n) is 4.53. The Morgan fingerprint density at radius 2 is 1.95 bits per heavy atom. The summed E-state index contributed by atoms with van der Waals surface area (Å²) in [5, 5.41) is 3.64. The second-order valence-corrected chi connectivity index (χ2v) is 6.44. The van der Waals surface area contributed by atoms with E-state index in [0.717, 1.165) is 19.7 Å². The molecular weight excluding hydrogens is 238 g/mol. The molecule has 4 nitrogen and oxygen atoms in total. The minimum absolute atomic E-state index is 0.459. The first kappa shape index (κ1) is 15.2. The van der Waals surface area contributed by atoms with Crippen molar-refractivity contribution >= 4 is 0 Å². The molecule has 0 aromatic carbocycles.